The molecule has 0 aliphatic rings. The second kappa shape index (κ2) is 6.57. The van der Waals surface area contributed by atoms with E-state index in [1.165, 1.54) is 11.3 Å². The van der Waals surface area contributed by atoms with Crippen LogP contribution in [0.15, 0.2) is 30.3 Å². The van der Waals surface area contributed by atoms with E-state index in [-0.39, 0.29) is 6.04 Å². The van der Waals surface area contributed by atoms with E-state index in [1.807, 2.05) is 19.1 Å². The summed E-state index contributed by atoms with van der Waals surface area (Å²) < 4.78 is 2.06. The fraction of sp³-hybridized carbons (Fsp3) is 0.438. The van der Waals surface area contributed by atoms with Crippen LogP contribution < -0.4 is 5.32 Å². The molecular weight excluding hydrogens is 250 g/mol. The molecule has 0 spiro atoms. The Kier molecular flexibility index (Phi) is 4.79. The van der Waals surface area contributed by atoms with Gasteiger partial charge in [0.2, 0.25) is 0 Å². The number of nitrogens with zero attached hydrogens (tertiary/aromatic N) is 2. The number of phenols is 1. The van der Waals surface area contributed by atoms with Crippen molar-refractivity contribution in [3.8, 4) is 5.75 Å². The highest BCUT2D eigenvalue weighted by Crippen LogP contribution is 2.16. The largest absolute Gasteiger partial charge is 0.508 e. The van der Waals surface area contributed by atoms with E-state index < -0.39 is 0 Å². The molecule has 0 saturated carbocycles. The molecule has 1 heterocycles. The number of nitrogens with one attached hydrogen (secondary N) is 1. The van der Waals surface area contributed by atoms with Crippen LogP contribution in [0.25, 0.3) is 0 Å². The Morgan fingerprint density at radius 3 is 2.55 bits per heavy atom. The van der Waals surface area contributed by atoms with Crippen LogP contribution in [0, 0.1) is 13.8 Å². The average molecular weight is 273 g/mol. The van der Waals surface area contributed by atoms with Crippen molar-refractivity contribution < 1.29 is 5.11 Å². The number of benzene rings is 1. The van der Waals surface area contributed by atoms with Crippen molar-refractivity contribution in [3.63, 3.8) is 0 Å². The van der Waals surface area contributed by atoms with Crippen LogP contribution >= 0.6 is 0 Å². The van der Waals surface area contributed by atoms with Crippen molar-refractivity contribution in [2.75, 3.05) is 6.54 Å². The van der Waals surface area contributed by atoms with Gasteiger partial charge in [0.15, 0.2) is 0 Å². The maximum atomic E-state index is 9.28. The molecule has 4 nitrogen and oxygen atoms in total. The number of aryl methyl sites for hydroxylation is 3. The zero-order valence-electron chi connectivity index (χ0n) is 12.4. The van der Waals surface area contributed by atoms with E-state index in [2.05, 4.69) is 35.0 Å². The first-order valence-corrected chi connectivity index (χ1v) is 7.09. The van der Waals surface area contributed by atoms with Crippen LogP contribution in [0.2, 0.25) is 0 Å². The van der Waals surface area contributed by atoms with Crippen molar-refractivity contribution in [1.29, 1.82) is 0 Å². The van der Waals surface area contributed by atoms with Gasteiger partial charge in [-0.15, -0.1) is 0 Å². The number of hydrogen-bond acceptors (Lipinski definition) is 3. The molecule has 0 radical (unpaired) electrons. The lowest BCUT2D eigenvalue weighted by atomic mass is 10.1. The van der Waals surface area contributed by atoms with Gasteiger partial charge >= 0.3 is 0 Å². The van der Waals surface area contributed by atoms with E-state index in [9.17, 15) is 5.11 Å². The summed E-state index contributed by atoms with van der Waals surface area (Å²) in [5, 5.41) is 17.2. The molecular formula is C16H23N3O. The molecule has 0 bridgehead atoms. The van der Waals surface area contributed by atoms with Crippen LogP contribution in [0.4, 0.5) is 0 Å². The maximum Gasteiger partial charge on any atom is 0.115 e. The van der Waals surface area contributed by atoms with E-state index >= 15 is 0 Å². The van der Waals surface area contributed by atoms with Gasteiger partial charge < -0.3 is 10.4 Å². The van der Waals surface area contributed by atoms with Gasteiger partial charge in [0.1, 0.15) is 5.75 Å². The minimum absolute atomic E-state index is 0.288. The summed E-state index contributed by atoms with van der Waals surface area (Å²) in [6.07, 6.45) is 1.05. The molecule has 1 atom stereocenters. The molecule has 0 fully saturated rings. The lowest BCUT2D eigenvalue weighted by molar-refractivity contribution is 0.473. The second-order valence-corrected chi connectivity index (χ2v) is 5.27. The Hall–Kier alpha value is -1.81. The van der Waals surface area contributed by atoms with Crippen molar-refractivity contribution in [1.82, 2.24) is 15.1 Å². The molecule has 2 rings (SSSR count). The number of rotatable bonds is 6. The Morgan fingerprint density at radius 2 is 1.95 bits per heavy atom. The number of hydrogen-bond donors (Lipinski definition) is 2. The van der Waals surface area contributed by atoms with E-state index in [0.29, 0.717) is 5.75 Å². The molecule has 2 aromatic rings. The van der Waals surface area contributed by atoms with Gasteiger partial charge in [-0.2, -0.15) is 5.10 Å². The number of phenolic OH excluding ortho intramolecular Hbond substituents is 1. The first-order valence-electron chi connectivity index (χ1n) is 7.09. The monoisotopic (exact) mass is 273 g/mol. The van der Waals surface area contributed by atoms with Gasteiger partial charge in [0.25, 0.3) is 0 Å². The highest BCUT2D eigenvalue weighted by molar-refractivity contribution is 5.27. The molecule has 0 aliphatic carbocycles. The predicted molar refractivity (Wildman–Crippen MR) is 80.8 cm³/mol. The molecule has 1 unspecified atom stereocenters. The quantitative estimate of drug-likeness (QED) is 0.796. The summed E-state index contributed by atoms with van der Waals surface area (Å²) in [6, 6.07) is 9.75. The first kappa shape index (κ1) is 14.6. The van der Waals surface area contributed by atoms with Crippen LogP contribution in [0.1, 0.15) is 36.3 Å². The smallest absolute Gasteiger partial charge is 0.115 e. The van der Waals surface area contributed by atoms with Gasteiger partial charge in [0, 0.05) is 18.3 Å². The average Bonchev–Trinajstić information content (AvgIpc) is 2.73. The van der Waals surface area contributed by atoms with Gasteiger partial charge in [0.05, 0.1) is 5.69 Å². The molecule has 108 valence electrons. The maximum absolute atomic E-state index is 9.28. The molecule has 1 aromatic carbocycles. The summed E-state index contributed by atoms with van der Waals surface area (Å²) in [5.41, 5.74) is 3.48. The normalized spacial score (nSPS) is 12.6. The van der Waals surface area contributed by atoms with Gasteiger partial charge in [-0.1, -0.05) is 12.1 Å². The van der Waals surface area contributed by atoms with Crippen LogP contribution in [0.5, 0.6) is 5.75 Å². The third kappa shape index (κ3) is 3.84. The highest BCUT2D eigenvalue weighted by Gasteiger charge is 2.05. The SMILES string of the molecule is Cc1cc(C)n(CCCNC(C)c2ccc(O)cc2)n1. The van der Waals surface area contributed by atoms with Crippen molar-refractivity contribution >= 4 is 0 Å². The second-order valence-electron chi connectivity index (χ2n) is 5.27. The van der Waals surface area contributed by atoms with Gasteiger partial charge in [-0.25, -0.2) is 0 Å². The van der Waals surface area contributed by atoms with Gasteiger partial charge in [-0.05, 0) is 57.5 Å². The van der Waals surface area contributed by atoms with E-state index in [1.54, 1.807) is 12.1 Å². The molecule has 4 heteroatoms. The van der Waals surface area contributed by atoms with Crippen molar-refractivity contribution in [2.45, 2.75) is 39.8 Å². The Balaban J connectivity index is 1.75. The predicted octanol–water partition coefficient (Wildman–Crippen LogP) is 2.95. The summed E-state index contributed by atoms with van der Waals surface area (Å²) >= 11 is 0. The molecule has 0 aliphatic heterocycles. The third-order valence-corrected chi connectivity index (χ3v) is 3.49. The van der Waals surface area contributed by atoms with Crippen LogP contribution in [0.3, 0.4) is 0 Å². The molecule has 20 heavy (non-hydrogen) atoms. The Bertz CT molecular complexity index is 545. The zero-order chi connectivity index (χ0) is 14.5. The van der Waals surface area contributed by atoms with E-state index in [4.69, 9.17) is 0 Å². The lowest BCUT2D eigenvalue weighted by Gasteiger charge is -2.14. The minimum atomic E-state index is 0.288. The molecule has 0 saturated heterocycles. The first-order chi connectivity index (χ1) is 9.56. The van der Waals surface area contributed by atoms with Gasteiger partial charge in [-0.3, -0.25) is 4.68 Å². The summed E-state index contributed by atoms with van der Waals surface area (Å²) in [5.74, 6) is 0.311. The Labute approximate surface area is 120 Å². The summed E-state index contributed by atoms with van der Waals surface area (Å²) in [4.78, 5) is 0. The highest BCUT2D eigenvalue weighted by atomic mass is 16.3. The summed E-state index contributed by atoms with van der Waals surface area (Å²) in [6.45, 7) is 8.13. The van der Waals surface area contributed by atoms with Crippen molar-refractivity contribution in [3.05, 3.63) is 47.3 Å². The van der Waals surface area contributed by atoms with Crippen LogP contribution in [-0.2, 0) is 6.54 Å². The van der Waals surface area contributed by atoms with Crippen molar-refractivity contribution in [2.24, 2.45) is 0 Å². The number of aromatic nitrogens is 2. The topological polar surface area (TPSA) is 50.1 Å². The lowest BCUT2D eigenvalue weighted by Crippen LogP contribution is -2.21. The minimum Gasteiger partial charge on any atom is -0.508 e. The molecule has 2 N–H and O–H groups in total. The third-order valence-electron chi connectivity index (χ3n) is 3.49. The Morgan fingerprint density at radius 1 is 1.25 bits per heavy atom. The standard InChI is InChI=1S/C16H23N3O/c1-12-11-13(2)19(18-12)10-4-9-17-14(3)15-5-7-16(20)8-6-15/h5-8,11,14,17,20H,4,9-10H2,1-3H3. The summed E-state index contributed by atoms with van der Waals surface area (Å²) in [7, 11) is 0. The number of aromatic hydroxyl groups is 1. The fourth-order valence-corrected chi connectivity index (χ4v) is 2.33. The fourth-order valence-electron chi connectivity index (χ4n) is 2.33. The molecule has 1 aromatic heterocycles. The zero-order valence-corrected chi connectivity index (χ0v) is 12.4. The molecule has 0 amide bonds. The van der Waals surface area contributed by atoms with Crippen LogP contribution in [-0.4, -0.2) is 21.4 Å². The van der Waals surface area contributed by atoms with E-state index in [0.717, 1.165) is 25.2 Å².